The van der Waals surface area contributed by atoms with Crippen molar-refractivity contribution in [2.45, 2.75) is 45.8 Å². The van der Waals surface area contributed by atoms with Gasteiger partial charge in [-0.1, -0.05) is 6.07 Å². The van der Waals surface area contributed by atoms with Crippen molar-refractivity contribution in [3.05, 3.63) is 29.6 Å². The molecule has 106 valence electrons. The van der Waals surface area contributed by atoms with E-state index in [1.807, 2.05) is 20.8 Å². The molecule has 0 radical (unpaired) electrons. The monoisotopic (exact) mass is 268 g/mol. The summed E-state index contributed by atoms with van der Waals surface area (Å²) < 4.78 is 13.1. The third kappa shape index (κ3) is 5.26. The maximum Gasteiger partial charge on any atom is 0.237 e. The number of hydrogen-bond acceptors (Lipinski definition) is 3. The number of phenols is 1. The van der Waals surface area contributed by atoms with Crippen LogP contribution in [0.5, 0.6) is 5.75 Å². The Morgan fingerprint density at radius 2 is 2.05 bits per heavy atom. The van der Waals surface area contributed by atoms with Gasteiger partial charge in [0.2, 0.25) is 5.91 Å². The second-order valence-corrected chi connectivity index (χ2v) is 5.63. The molecule has 0 heterocycles. The van der Waals surface area contributed by atoms with Crippen LogP contribution in [-0.2, 0) is 11.3 Å². The number of carbonyl (C=O) groups is 1. The zero-order valence-corrected chi connectivity index (χ0v) is 11.7. The van der Waals surface area contributed by atoms with Gasteiger partial charge in [-0.05, 0) is 45.4 Å². The average molecular weight is 268 g/mol. The number of carbonyl (C=O) groups excluding carboxylic acids is 1. The molecule has 0 saturated heterocycles. The molecule has 5 heteroatoms. The molecular weight excluding hydrogens is 247 g/mol. The molecule has 0 aromatic heterocycles. The Morgan fingerprint density at radius 1 is 1.42 bits per heavy atom. The van der Waals surface area contributed by atoms with E-state index in [-0.39, 0.29) is 23.2 Å². The number of aromatic hydroxyl groups is 1. The topological polar surface area (TPSA) is 61.4 Å². The van der Waals surface area contributed by atoms with E-state index in [0.717, 1.165) is 0 Å². The van der Waals surface area contributed by atoms with Gasteiger partial charge in [-0.2, -0.15) is 0 Å². The van der Waals surface area contributed by atoms with Crippen molar-refractivity contribution < 1.29 is 14.3 Å². The Labute approximate surface area is 113 Å². The predicted molar refractivity (Wildman–Crippen MR) is 72.3 cm³/mol. The van der Waals surface area contributed by atoms with E-state index >= 15 is 0 Å². The second-order valence-electron chi connectivity index (χ2n) is 5.63. The summed E-state index contributed by atoms with van der Waals surface area (Å²) >= 11 is 0. The van der Waals surface area contributed by atoms with E-state index in [1.165, 1.54) is 12.1 Å². The molecule has 1 unspecified atom stereocenters. The average Bonchev–Trinajstić information content (AvgIpc) is 2.28. The van der Waals surface area contributed by atoms with E-state index in [9.17, 15) is 9.18 Å². The number of hydrogen-bond donors (Lipinski definition) is 3. The summed E-state index contributed by atoms with van der Waals surface area (Å²) in [7, 11) is 0. The quantitative estimate of drug-likeness (QED) is 0.782. The first-order valence-corrected chi connectivity index (χ1v) is 6.22. The van der Waals surface area contributed by atoms with E-state index in [1.54, 1.807) is 13.0 Å². The molecule has 0 aliphatic carbocycles. The van der Waals surface area contributed by atoms with Gasteiger partial charge in [0.15, 0.2) is 11.6 Å². The van der Waals surface area contributed by atoms with Crippen LogP contribution in [-0.4, -0.2) is 22.6 Å². The van der Waals surface area contributed by atoms with Crippen LogP contribution >= 0.6 is 0 Å². The molecule has 0 bridgehead atoms. The normalized spacial score (nSPS) is 13.1. The van der Waals surface area contributed by atoms with Crippen molar-refractivity contribution >= 4 is 5.91 Å². The number of benzene rings is 1. The molecule has 1 aromatic carbocycles. The standard InChI is InChI=1S/C14H21FN2O2/c1-9(13(19)17-14(2,3)4)16-8-10-5-6-12(18)11(15)7-10/h5-7,9,16,18H,8H2,1-4H3,(H,17,19). The van der Waals surface area contributed by atoms with Crippen molar-refractivity contribution in [2.24, 2.45) is 0 Å². The van der Waals surface area contributed by atoms with Crippen molar-refractivity contribution in [3.8, 4) is 5.75 Å². The molecule has 1 atom stereocenters. The fourth-order valence-corrected chi connectivity index (χ4v) is 1.50. The number of rotatable bonds is 4. The summed E-state index contributed by atoms with van der Waals surface area (Å²) in [5.41, 5.74) is 0.392. The lowest BCUT2D eigenvalue weighted by molar-refractivity contribution is -0.124. The van der Waals surface area contributed by atoms with Crippen LogP contribution in [0.3, 0.4) is 0 Å². The molecule has 0 aliphatic rings. The first kappa shape index (κ1) is 15.4. The minimum absolute atomic E-state index is 0.105. The maximum absolute atomic E-state index is 13.1. The zero-order valence-electron chi connectivity index (χ0n) is 11.7. The van der Waals surface area contributed by atoms with Gasteiger partial charge in [0.05, 0.1) is 6.04 Å². The first-order valence-electron chi connectivity index (χ1n) is 6.22. The van der Waals surface area contributed by atoms with E-state index < -0.39 is 5.82 Å². The van der Waals surface area contributed by atoms with Gasteiger partial charge >= 0.3 is 0 Å². The number of phenolic OH excluding ortho intramolecular Hbond substituents is 1. The molecule has 4 nitrogen and oxygen atoms in total. The summed E-state index contributed by atoms with van der Waals surface area (Å²) in [5.74, 6) is -1.14. The Balaban J connectivity index is 2.52. The SMILES string of the molecule is CC(NCc1ccc(O)c(F)c1)C(=O)NC(C)(C)C. The Morgan fingerprint density at radius 3 is 2.58 bits per heavy atom. The van der Waals surface area contributed by atoms with Crippen molar-refractivity contribution in [3.63, 3.8) is 0 Å². The van der Waals surface area contributed by atoms with Crippen molar-refractivity contribution in [1.82, 2.24) is 10.6 Å². The third-order valence-corrected chi connectivity index (χ3v) is 2.52. The largest absolute Gasteiger partial charge is 0.505 e. The van der Waals surface area contributed by atoms with Crippen LogP contribution in [0.1, 0.15) is 33.3 Å². The highest BCUT2D eigenvalue weighted by Crippen LogP contribution is 2.16. The van der Waals surface area contributed by atoms with E-state index in [4.69, 9.17) is 5.11 Å². The van der Waals surface area contributed by atoms with Gasteiger partial charge in [0, 0.05) is 12.1 Å². The van der Waals surface area contributed by atoms with Crippen LogP contribution < -0.4 is 10.6 Å². The Kier molecular flexibility index (Phi) is 4.89. The third-order valence-electron chi connectivity index (χ3n) is 2.52. The van der Waals surface area contributed by atoms with Crippen LogP contribution in [0.2, 0.25) is 0 Å². The number of halogens is 1. The van der Waals surface area contributed by atoms with Crippen molar-refractivity contribution in [2.75, 3.05) is 0 Å². The summed E-state index contributed by atoms with van der Waals surface area (Å²) in [6, 6.07) is 3.78. The number of amides is 1. The van der Waals surface area contributed by atoms with Gasteiger partial charge in [0.25, 0.3) is 0 Å². The smallest absolute Gasteiger partial charge is 0.237 e. The summed E-state index contributed by atoms with van der Waals surface area (Å²) in [5, 5.41) is 14.9. The van der Waals surface area contributed by atoms with Gasteiger partial charge in [-0.3, -0.25) is 4.79 Å². The molecular formula is C14H21FN2O2. The molecule has 3 N–H and O–H groups in total. The molecule has 1 aromatic rings. The molecule has 0 aliphatic heterocycles. The molecule has 0 fully saturated rings. The predicted octanol–water partition coefficient (Wildman–Crippen LogP) is 1.92. The molecule has 0 saturated carbocycles. The maximum atomic E-state index is 13.1. The Bertz CT molecular complexity index is 455. The fraction of sp³-hybridized carbons (Fsp3) is 0.500. The highest BCUT2D eigenvalue weighted by molar-refractivity contribution is 5.81. The minimum atomic E-state index is -0.661. The molecule has 0 spiro atoms. The zero-order chi connectivity index (χ0) is 14.6. The molecule has 1 amide bonds. The Hall–Kier alpha value is -1.62. The van der Waals surface area contributed by atoms with E-state index in [2.05, 4.69) is 10.6 Å². The van der Waals surface area contributed by atoms with Gasteiger partial charge in [-0.15, -0.1) is 0 Å². The molecule has 19 heavy (non-hydrogen) atoms. The highest BCUT2D eigenvalue weighted by atomic mass is 19.1. The van der Waals surface area contributed by atoms with Crippen LogP contribution in [0, 0.1) is 5.82 Å². The lowest BCUT2D eigenvalue weighted by Gasteiger charge is -2.23. The van der Waals surface area contributed by atoms with Crippen LogP contribution in [0.25, 0.3) is 0 Å². The summed E-state index contributed by atoms with van der Waals surface area (Å²) in [4.78, 5) is 11.8. The second kappa shape index (κ2) is 6.02. The molecule has 1 rings (SSSR count). The summed E-state index contributed by atoms with van der Waals surface area (Å²) in [6.07, 6.45) is 0. The van der Waals surface area contributed by atoms with Crippen LogP contribution in [0.4, 0.5) is 4.39 Å². The fourth-order valence-electron chi connectivity index (χ4n) is 1.50. The van der Waals surface area contributed by atoms with Gasteiger partial charge in [-0.25, -0.2) is 4.39 Å². The van der Waals surface area contributed by atoms with Gasteiger partial charge < -0.3 is 15.7 Å². The lowest BCUT2D eigenvalue weighted by atomic mass is 10.1. The first-order chi connectivity index (χ1) is 8.69. The van der Waals surface area contributed by atoms with Crippen LogP contribution in [0.15, 0.2) is 18.2 Å². The minimum Gasteiger partial charge on any atom is -0.505 e. The van der Waals surface area contributed by atoms with E-state index in [0.29, 0.717) is 12.1 Å². The van der Waals surface area contributed by atoms with Gasteiger partial charge in [0.1, 0.15) is 0 Å². The van der Waals surface area contributed by atoms with Crippen molar-refractivity contribution in [1.29, 1.82) is 0 Å². The summed E-state index contributed by atoms with van der Waals surface area (Å²) in [6.45, 7) is 7.83. The number of nitrogens with one attached hydrogen (secondary N) is 2. The lowest BCUT2D eigenvalue weighted by Crippen LogP contribution is -2.49. The highest BCUT2D eigenvalue weighted by Gasteiger charge is 2.18.